The highest BCUT2D eigenvalue weighted by Gasteiger charge is 2.09. The van der Waals surface area contributed by atoms with E-state index in [2.05, 4.69) is 26.5 Å². The highest BCUT2D eigenvalue weighted by Crippen LogP contribution is 2.27. The van der Waals surface area contributed by atoms with E-state index in [0.717, 1.165) is 4.47 Å². The number of nitrogens with zero attached hydrogens (tertiary/aromatic N) is 1. The Hall–Kier alpha value is -1.85. The van der Waals surface area contributed by atoms with Crippen LogP contribution in [0.25, 0.3) is 0 Å². The molecule has 4 nitrogen and oxygen atoms in total. The number of rotatable bonds is 3. The van der Waals surface area contributed by atoms with Gasteiger partial charge in [-0.1, -0.05) is 33.6 Å². The number of halogens is 2. The van der Waals surface area contributed by atoms with Crippen molar-refractivity contribution in [1.82, 2.24) is 5.43 Å². The highest BCUT2D eigenvalue weighted by atomic mass is 79.9. The number of aromatic hydroxyl groups is 1. The molecule has 0 saturated carbocycles. The normalized spacial score (nSPS) is 11.3. The van der Waals surface area contributed by atoms with Gasteiger partial charge in [0, 0.05) is 15.6 Å². The summed E-state index contributed by atoms with van der Waals surface area (Å²) in [6.07, 6.45) is 0. The van der Waals surface area contributed by atoms with Gasteiger partial charge in [-0.3, -0.25) is 4.79 Å². The predicted octanol–water partition coefficient (Wildman–Crippen LogP) is 3.96. The third kappa shape index (κ3) is 3.83. The first-order valence-electron chi connectivity index (χ1n) is 6.07. The van der Waals surface area contributed by atoms with Crippen LogP contribution in [-0.4, -0.2) is 16.7 Å². The Morgan fingerprint density at radius 2 is 1.90 bits per heavy atom. The largest absolute Gasteiger partial charge is 0.506 e. The highest BCUT2D eigenvalue weighted by molar-refractivity contribution is 9.10. The van der Waals surface area contributed by atoms with Gasteiger partial charge in [-0.15, -0.1) is 0 Å². The Balaban J connectivity index is 2.15. The van der Waals surface area contributed by atoms with Gasteiger partial charge in [0.2, 0.25) is 0 Å². The number of phenols is 1. The maximum atomic E-state index is 11.9. The lowest BCUT2D eigenvalue weighted by molar-refractivity contribution is 0.0955. The topological polar surface area (TPSA) is 61.7 Å². The zero-order valence-corrected chi connectivity index (χ0v) is 13.4. The van der Waals surface area contributed by atoms with Crippen molar-refractivity contribution in [2.45, 2.75) is 6.92 Å². The lowest BCUT2D eigenvalue weighted by Crippen LogP contribution is -2.19. The van der Waals surface area contributed by atoms with Gasteiger partial charge in [0.1, 0.15) is 5.75 Å². The second-order valence-electron chi connectivity index (χ2n) is 4.28. The standard InChI is InChI=1S/C15H12BrClN2O2/c1-9(12-3-2-4-13(17)14(12)20)18-19-15(21)10-5-7-11(16)8-6-10/h2-8,20H,1H3,(H,19,21)/b18-9+. The monoisotopic (exact) mass is 366 g/mol. The summed E-state index contributed by atoms with van der Waals surface area (Å²) in [6, 6.07) is 11.9. The fraction of sp³-hybridized carbons (Fsp3) is 0.0667. The number of hydrazone groups is 1. The van der Waals surface area contributed by atoms with Gasteiger partial charge in [-0.2, -0.15) is 5.10 Å². The van der Waals surface area contributed by atoms with E-state index in [4.69, 9.17) is 11.6 Å². The van der Waals surface area contributed by atoms with Crippen molar-refractivity contribution in [2.24, 2.45) is 5.10 Å². The molecule has 1 amide bonds. The summed E-state index contributed by atoms with van der Waals surface area (Å²) in [6.45, 7) is 1.67. The van der Waals surface area contributed by atoms with E-state index in [9.17, 15) is 9.90 Å². The zero-order chi connectivity index (χ0) is 15.4. The Bertz CT molecular complexity index is 699. The van der Waals surface area contributed by atoms with Crippen LogP contribution in [0.4, 0.5) is 0 Å². The summed E-state index contributed by atoms with van der Waals surface area (Å²) in [5.74, 6) is -0.387. The molecule has 6 heteroatoms. The van der Waals surface area contributed by atoms with Crippen LogP contribution in [0.3, 0.4) is 0 Å². The second kappa shape index (κ2) is 6.74. The number of carbonyl (C=O) groups excluding carboxylic acids is 1. The summed E-state index contributed by atoms with van der Waals surface area (Å²) in [5, 5.41) is 14.1. The van der Waals surface area contributed by atoms with Gasteiger partial charge in [0.25, 0.3) is 5.91 Å². The van der Waals surface area contributed by atoms with Crippen molar-refractivity contribution in [1.29, 1.82) is 0 Å². The van der Waals surface area contributed by atoms with Crippen LogP contribution in [0.15, 0.2) is 52.0 Å². The van der Waals surface area contributed by atoms with Crippen LogP contribution in [0, 0.1) is 0 Å². The number of para-hydroxylation sites is 1. The molecule has 0 saturated heterocycles. The van der Waals surface area contributed by atoms with Crippen LogP contribution in [-0.2, 0) is 0 Å². The number of nitrogens with one attached hydrogen (secondary N) is 1. The lowest BCUT2D eigenvalue weighted by Gasteiger charge is -2.06. The molecular formula is C15H12BrClN2O2. The minimum Gasteiger partial charge on any atom is -0.506 e. The van der Waals surface area contributed by atoms with Crippen molar-refractivity contribution in [3.05, 3.63) is 63.1 Å². The molecule has 0 atom stereocenters. The van der Waals surface area contributed by atoms with E-state index in [1.165, 1.54) is 0 Å². The second-order valence-corrected chi connectivity index (χ2v) is 5.60. The van der Waals surface area contributed by atoms with Crippen LogP contribution in [0.5, 0.6) is 5.75 Å². The average Bonchev–Trinajstić information content (AvgIpc) is 2.48. The molecule has 0 unspecified atom stereocenters. The minimum absolute atomic E-state index is 0.0571. The molecule has 0 fully saturated rings. The molecule has 2 aromatic carbocycles. The number of hydrogen-bond donors (Lipinski definition) is 2. The molecule has 0 aromatic heterocycles. The van der Waals surface area contributed by atoms with Crippen molar-refractivity contribution in [2.75, 3.05) is 0 Å². The molecular weight excluding hydrogens is 356 g/mol. The third-order valence-corrected chi connectivity index (χ3v) is 3.64. The van der Waals surface area contributed by atoms with Crippen LogP contribution in [0.2, 0.25) is 5.02 Å². The van der Waals surface area contributed by atoms with Crippen molar-refractivity contribution >= 4 is 39.1 Å². The Morgan fingerprint density at radius 1 is 1.24 bits per heavy atom. The van der Waals surface area contributed by atoms with Gasteiger partial charge in [0.05, 0.1) is 10.7 Å². The lowest BCUT2D eigenvalue weighted by atomic mass is 10.1. The molecule has 2 N–H and O–H groups in total. The predicted molar refractivity (Wildman–Crippen MR) is 86.9 cm³/mol. The van der Waals surface area contributed by atoms with Crippen molar-refractivity contribution < 1.29 is 9.90 Å². The van der Waals surface area contributed by atoms with Crippen molar-refractivity contribution in [3.8, 4) is 5.75 Å². The van der Waals surface area contributed by atoms with Gasteiger partial charge in [0.15, 0.2) is 0 Å². The van der Waals surface area contributed by atoms with Crippen LogP contribution >= 0.6 is 27.5 Å². The summed E-state index contributed by atoms with van der Waals surface area (Å²) in [7, 11) is 0. The maximum Gasteiger partial charge on any atom is 0.271 e. The van der Waals surface area contributed by atoms with Gasteiger partial charge < -0.3 is 5.11 Å². The van der Waals surface area contributed by atoms with Gasteiger partial charge >= 0.3 is 0 Å². The van der Waals surface area contributed by atoms with Gasteiger partial charge in [-0.05, 0) is 43.3 Å². The molecule has 0 radical (unpaired) electrons. The number of phenolic OH excluding ortho intramolecular Hbond substituents is 1. The molecule has 2 rings (SSSR count). The minimum atomic E-state index is -0.330. The first-order chi connectivity index (χ1) is 9.99. The SMILES string of the molecule is C/C(=N\NC(=O)c1ccc(Br)cc1)c1cccc(Cl)c1O. The molecule has 108 valence electrons. The number of carbonyl (C=O) groups is 1. The van der Waals surface area contributed by atoms with Crippen LogP contribution in [0.1, 0.15) is 22.8 Å². The van der Waals surface area contributed by atoms with E-state index in [1.54, 1.807) is 49.4 Å². The Kier molecular flexibility index (Phi) is 4.98. The molecule has 0 aliphatic rings. The summed E-state index contributed by atoms with van der Waals surface area (Å²) in [5.41, 5.74) is 3.86. The molecule has 0 aliphatic carbocycles. The van der Waals surface area contributed by atoms with E-state index in [1.807, 2.05) is 0 Å². The number of hydrogen-bond acceptors (Lipinski definition) is 3. The average molecular weight is 368 g/mol. The summed E-state index contributed by atoms with van der Waals surface area (Å²) in [4.78, 5) is 11.9. The van der Waals surface area contributed by atoms with E-state index in [0.29, 0.717) is 16.8 Å². The zero-order valence-electron chi connectivity index (χ0n) is 11.1. The maximum absolute atomic E-state index is 11.9. The molecule has 0 heterocycles. The number of amides is 1. The summed E-state index contributed by atoms with van der Waals surface area (Å²) < 4.78 is 0.891. The first-order valence-corrected chi connectivity index (χ1v) is 7.24. The van der Waals surface area contributed by atoms with E-state index in [-0.39, 0.29) is 16.7 Å². The fourth-order valence-electron chi connectivity index (χ4n) is 1.67. The third-order valence-electron chi connectivity index (χ3n) is 2.81. The van der Waals surface area contributed by atoms with Crippen molar-refractivity contribution in [3.63, 3.8) is 0 Å². The van der Waals surface area contributed by atoms with Gasteiger partial charge in [-0.25, -0.2) is 5.43 Å². The number of benzene rings is 2. The smallest absolute Gasteiger partial charge is 0.271 e. The Morgan fingerprint density at radius 3 is 2.57 bits per heavy atom. The molecule has 2 aromatic rings. The molecule has 0 bridgehead atoms. The first kappa shape index (κ1) is 15.5. The quantitative estimate of drug-likeness (QED) is 0.637. The Labute approximate surface area is 135 Å². The summed E-state index contributed by atoms with van der Waals surface area (Å²) >= 11 is 9.14. The fourth-order valence-corrected chi connectivity index (χ4v) is 2.11. The van der Waals surface area contributed by atoms with Crippen LogP contribution < -0.4 is 5.43 Å². The van der Waals surface area contributed by atoms with E-state index >= 15 is 0 Å². The van der Waals surface area contributed by atoms with E-state index < -0.39 is 0 Å². The molecule has 0 spiro atoms. The molecule has 21 heavy (non-hydrogen) atoms. The molecule has 0 aliphatic heterocycles.